The number of ether oxygens (including phenoxy) is 1. The normalized spacial score (nSPS) is 13.3. The molecule has 0 aliphatic carbocycles. The Hall–Kier alpha value is -1.54. The fourth-order valence-electron chi connectivity index (χ4n) is 1.24. The van der Waals surface area contributed by atoms with Gasteiger partial charge < -0.3 is 15.8 Å². The van der Waals surface area contributed by atoms with Crippen LogP contribution in [0.5, 0.6) is 0 Å². The maximum Gasteiger partial charge on any atom is 0.330 e. The van der Waals surface area contributed by atoms with Crippen LogP contribution in [0.25, 0.3) is 0 Å². The monoisotopic (exact) mass is 328 g/mol. The average Bonchev–Trinajstić information content (AvgIpc) is 2.40. The van der Waals surface area contributed by atoms with E-state index in [4.69, 9.17) is 17.3 Å². The van der Waals surface area contributed by atoms with E-state index in [1.54, 1.807) is 0 Å². The van der Waals surface area contributed by atoms with E-state index in [1.807, 2.05) is 0 Å². The largest absolute Gasteiger partial charge is 0.397 e. The number of rotatable bonds is 6. The second-order valence-corrected chi connectivity index (χ2v) is 4.65. The van der Waals surface area contributed by atoms with Crippen molar-refractivity contribution in [3.05, 3.63) is 23.2 Å². The zero-order valence-electron chi connectivity index (χ0n) is 10.9. The van der Waals surface area contributed by atoms with Crippen molar-refractivity contribution >= 4 is 28.9 Å². The van der Waals surface area contributed by atoms with Gasteiger partial charge in [0.1, 0.15) is 12.7 Å². The van der Waals surface area contributed by atoms with Crippen molar-refractivity contribution in [1.82, 2.24) is 0 Å². The molecule has 1 amide bonds. The first-order valence-corrected chi connectivity index (χ1v) is 6.14. The molecule has 21 heavy (non-hydrogen) atoms. The molecule has 0 aliphatic rings. The summed E-state index contributed by atoms with van der Waals surface area (Å²) >= 11 is 5.69. The van der Waals surface area contributed by atoms with Gasteiger partial charge in [-0.25, -0.2) is 8.78 Å². The molecule has 1 unspecified atom stereocenters. The quantitative estimate of drug-likeness (QED) is 0.623. The van der Waals surface area contributed by atoms with Crippen LogP contribution >= 0.6 is 11.6 Å². The van der Waals surface area contributed by atoms with Gasteiger partial charge in [-0.15, -0.1) is 0 Å². The summed E-state index contributed by atoms with van der Waals surface area (Å²) in [5.41, 5.74) is 6.02. The minimum absolute atomic E-state index is 0.215. The summed E-state index contributed by atoms with van der Waals surface area (Å²) in [6.07, 6.45) is -5.20. The first kappa shape index (κ1) is 17.5. The lowest BCUT2D eigenvalue weighted by molar-refractivity contribution is -0.176. The highest BCUT2D eigenvalue weighted by Crippen LogP contribution is 2.24. The number of halogens is 5. The molecule has 118 valence electrons. The van der Waals surface area contributed by atoms with Crippen LogP contribution in [-0.4, -0.2) is 31.0 Å². The first-order chi connectivity index (χ1) is 9.63. The third kappa shape index (κ3) is 5.05. The van der Waals surface area contributed by atoms with Crippen LogP contribution in [0.15, 0.2) is 18.2 Å². The molecule has 0 radical (unpaired) electrons. The van der Waals surface area contributed by atoms with Crippen molar-refractivity contribution in [2.24, 2.45) is 0 Å². The Labute approximate surface area is 123 Å². The number of carbonyl (C=O) groups excluding carboxylic acids is 1. The van der Waals surface area contributed by atoms with Crippen molar-refractivity contribution < 1.29 is 27.1 Å². The predicted octanol–water partition coefficient (Wildman–Crippen LogP) is 3.17. The molecule has 0 aromatic heterocycles. The summed E-state index contributed by atoms with van der Waals surface area (Å²) in [5, 5.41) is 2.63. The number of nitrogen functional groups attached to an aromatic ring is 1. The van der Waals surface area contributed by atoms with Gasteiger partial charge in [-0.3, -0.25) is 4.79 Å². The zero-order chi connectivity index (χ0) is 16.2. The Morgan fingerprint density at radius 3 is 2.62 bits per heavy atom. The summed E-state index contributed by atoms with van der Waals surface area (Å²) in [6, 6.07) is 4.24. The summed E-state index contributed by atoms with van der Waals surface area (Å²) in [7, 11) is 0. The van der Waals surface area contributed by atoms with Crippen molar-refractivity contribution in [2.75, 3.05) is 17.7 Å². The molecule has 3 N–H and O–H groups in total. The average molecular weight is 329 g/mol. The predicted molar refractivity (Wildman–Crippen MR) is 70.9 cm³/mol. The smallest absolute Gasteiger partial charge is 0.330 e. The van der Waals surface area contributed by atoms with Crippen LogP contribution in [0.4, 0.5) is 28.9 Å². The van der Waals surface area contributed by atoms with Crippen LogP contribution in [0.2, 0.25) is 5.02 Å². The lowest BCUT2D eigenvalue weighted by Gasteiger charge is -2.19. The van der Waals surface area contributed by atoms with Crippen molar-refractivity contribution in [3.8, 4) is 0 Å². The second-order valence-electron chi connectivity index (χ2n) is 4.24. The number of nitrogens with two attached hydrogens (primary N) is 1. The van der Waals surface area contributed by atoms with Gasteiger partial charge in [0.2, 0.25) is 0 Å². The van der Waals surface area contributed by atoms with Gasteiger partial charge in [-0.05, 0) is 25.1 Å². The minimum atomic E-state index is -4.31. The standard InChI is InChI=1S/C12H13ClF4N2O2/c1-6(21-5-12(16,17)11(14)15)10(20)19-7-2-3-8(13)9(18)4-7/h2-4,6,11H,5,18H2,1H3,(H,19,20). The number of alkyl halides is 4. The van der Waals surface area contributed by atoms with E-state index < -0.39 is 31.0 Å². The van der Waals surface area contributed by atoms with Gasteiger partial charge >= 0.3 is 12.3 Å². The van der Waals surface area contributed by atoms with E-state index in [-0.39, 0.29) is 16.4 Å². The Morgan fingerprint density at radius 2 is 2.10 bits per heavy atom. The topological polar surface area (TPSA) is 64.3 Å². The molecule has 4 nitrogen and oxygen atoms in total. The maximum absolute atomic E-state index is 12.7. The van der Waals surface area contributed by atoms with E-state index in [0.717, 1.165) is 6.92 Å². The molecule has 0 heterocycles. The molecule has 1 aromatic rings. The van der Waals surface area contributed by atoms with E-state index in [0.29, 0.717) is 0 Å². The Balaban J connectivity index is 2.57. The SMILES string of the molecule is CC(OCC(F)(F)C(F)F)C(=O)Nc1ccc(Cl)c(N)c1. The lowest BCUT2D eigenvalue weighted by Crippen LogP contribution is -2.37. The number of hydrogen-bond donors (Lipinski definition) is 2. The molecule has 0 saturated carbocycles. The van der Waals surface area contributed by atoms with Crippen LogP contribution in [-0.2, 0) is 9.53 Å². The number of hydrogen-bond acceptors (Lipinski definition) is 3. The summed E-state index contributed by atoms with van der Waals surface area (Å²) in [6.45, 7) is -0.391. The van der Waals surface area contributed by atoms with E-state index in [2.05, 4.69) is 10.1 Å². The molecule has 0 saturated heterocycles. The molecule has 0 fully saturated rings. The van der Waals surface area contributed by atoms with E-state index >= 15 is 0 Å². The fourth-order valence-corrected chi connectivity index (χ4v) is 1.36. The third-order valence-electron chi connectivity index (χ3n) is 2.48. The molecule has 1 rings (SSSR count). The van der Waals surface area contributed by atoms with Crippen LogP contribution in [0.1, 0.15) is 6.92 Å². The van der Waals surface area contributed by atoms with Gasteiger partial charge in [0.25, 0.3) is 5.91 Å². The minimum Gasteiger partial charge on any atom is -0.397 e. The number of amides is 1. The number of carbonyl (C=O) groups is 1. The maximum atomic E-state index is 12.7. The molecule has 1 aromatic carbocycles. The lowest BCUT2D eigenvalue weighted by atomic mass is 10.2. The Morgan fingerprint density at radius 1 is 1.48 bits per heavy atom. The van der Waals surface area contributed by atoms with Crippen LogP contribution < -0.4 is 11.1 Å². The van der Waals surface area contributed by atoms with Gasteiger partial charge in [-0.1, -0.05) is 11.6 Å². The zero-order valence-corrected chi connectivity index (χ0v) is 11.6. The second kappa shape index (κ2) is 6.95. The van der Waals surface area contributed by atoms with E-state index in [1.165, 1.54) is 18.2 Å². The summed E-state index contributed by atoms with van der Waals surface area (Å²) in [4.78, 5) is 11.7. The van der Waals surface area contributed by atoms with Crippen LogP contribution in [0.3, 0.4) is 0 Å². The highest BCUT2D eigenvalue weighted by molar-refractivity contribution is 6.33. The Bertz CT molecular complexity index is 514. The van der Waals surface area contributed by atoms with Gasteiger partial charge in [0.05, 0.1) is 10.7 Å². The highest BCUT2D eigenvalue weighted by Gasteiger charge is 2.41. The van der Waals surface area contributed by atoms with E-state index in [9.17, 15) is 22.4 Å². The van der Waals surface area contributed by atoms with Gasteiger partial charge in [0.15, 0.2) is 0 Å². The molecular formula is C12H13ClF4N2O2. The van der Waals surface area contributed by atoms with Crippen LogP contribution in [0, 0.1) is 0 Å². The number of benzene rings is 1. The third-order valence-corrected chi connectivity index (χ3v) is 2.82. The number of anilines is 2. The molecule has 9 heteroatoms. The van der Waals surface area contributed by atoms with Crippen molar-refractivity contribution in [2.45, 2.75) is 25.4 Å². The summed E-state index contributed by atoms with van der Waals surface area (Å²) < 4.78 is 53.6. The molecule has 0 bridgehead atoms. The van der Waals surface area contributed by atoms with Crippen molar-refractivity contribution in [1.29, 1.82) is 0 Å². The molecule has 0 spiro atoms. The summed E-state index contributed by atoms with van der Waals surface area (Å²) in [5.74, 6) is -5.08. The number of nitrogens with one attached hydrogen (secondary N) is 1. The highest BCUT2D eigenvalue weighted by atomic mass is 35.5. The van der Waals surface area contributed by atoms with Gasteiger partial charge in [0, 0.05) is 5.69 Å². The van der Waals surface area contributed by atoms with Gasteiger partial charge in [-0.2, -0.15) is 8.78 Å². The van der Waals surface area contributed by atoms with Crippen molar-refractivity contribution in [3.63, 3.8) is 0 Å². The molecule has 1 atom stereocenters. The molecular weight excluding hydrogens is 316 g/mol. The molecule has 0 aliphatic heterocycles. The fraction of sp³-hybridized carbons (Fsp3) is 0.417. The Kier molecular flexibility index (Phi) is 5.79. The first-order valence-electron chi connectivity index (χ1n) is 5.77.